The van der Waals surface area contributed by atoms with Crippen LogP contribution in [0.4, 0.5) is 5.69 Å². The molecule has 0 fully saturated rings. The van der Waals surface area contributed by atoms with Gasteiger partial charge in [-0.05, 0) is 24.3 Å². The van der Waals surface area contributed by atoms with Crippen molar-refractivity contribution >= 4 is 23.4 Å². The van der Waals surface area contributed by atoms with E-state index in [-0.39, 0.29) is 5.91 Å². The van der Waals surface area contributed by atoms with Gasteiger partial charge in [0.1, 0.15) is 5.69 Å². The molecular formula is C13H13N3OS. The number of anilines is 1. The molecule has 1 aromatic carbocycles. The van der Waals surface area contributed by atoms with E-state index in [1.165, 1.54) is 11.8 Å². The van der Waals surface area contributed by atoms with Gasteiger partial charge in [0, 0.05) is 28.7 Å². The standard InChI is InChI=1S/C13H13N3OS/c1-15-13(17)11-8-9(6-7-16-11)18-12-5-3-2-4-10(12)14/h2-8H,14H2,1H3,(H,15,17). The first-order chi connectivity index (χ1) is 8.70. The minimum Gasteiger partial charge on any atom is -0.398 e. The second-order valence-corrected chi connectivity index (χ2v) is 4.71. The molecule has 0 unspecified atom stereocenters. The Morgan fingerprint density at radius 3 is 2.83 bits per heavy atom. The largest absolute Gasteiger partial charge is 0.398 e. The van der Waals surface area contributed by atoms with Crippen molar-refractivity contribution in [3.8, 4) is 0 Å². The van der Waals surface area contributed by atoms with Crippen LogP contribution in [0.1, 0.15) is 10.5 Å². The number of para-hydroxylation sites is 1. The van der Waals surface area contributed by atoms with Crippen LogP contribution in [-0.4, -0.2) is 17.9 Å². The lowest BCUT2D eigenvalue weighted by Gasteiger charge is -2.06. The second kappa shape index (κ2) is 5.55. The van der Waals surface area contributed by atoms with E-state index in [0.717, 1.165) is 15.5 Å². The first-order valence-electron chi connectivity index (χ1n) is 5.41. The Morgan fingerprint density at radius 2 is 2.11 bits per heavy atom. The molecule has 92 valence electrons. The van der Waals surface area contributed by atoms with Crippen molar-refractivity contribution in [2.75, 3.05) is 12.8 Å². The molecule has 0 aliphatic heterocycles. The van der Waals surface area contributed by atoms with Crippen molar-refractivity contribution < 1.29 is 4.79 Å². The van der Waals surface area contributed by atoms with E-state index in [4.69, 9.17) is 5.73 Å². The molecule has 5 heteroatoms. The van der Waals surface area contributed by atoms with Gasteiger partial charge in [-0.15, -0.1) is 0 Å². The summed E-state index contributed by atoms with van der Waals surface area (Å²) in [4.78, 5) is 17.4. The molecule has 1 heterocycles. The number of hydrogen-bond donors (Lipinski definition) is 2. The van der Waals surface area contributed by atoms with Crippen LogP contribution in [-0.2, 0) is 0 Å². The van der Waals surface area contributed by atoms with Gasteiger partial charge in [0.25, 0.3) is 5.91 Å². The maximum Gasteiger partial charge on any atom is 0.269 e. The summed E-state index contributed by atoms with van der Waals surface area (Å²) in [7, 11) is 1.58. The summed E-state index contributed by atoms with van der Waals surface area (Å²) in [5.74, 6) is -0.196. The molecule has 0 saturated heterocycles. The van der Waals surface area contributed by atoms with Crippen LogP contribution in [0.2, 0.25) is 0 Å². The van der Waals surface area contributed by atoms with Crippen LogP contribution in [0.5, 0.6) is 0 Å². The van der Waals surface area contributed by atoms with Crippen LogP contribution in [0.15, 0.2) is 52.4 Å². The molecule has 4 nitrogen and oxygen atoms in total. The molecule has 3 N–H and O–H groups in total. The minimum atomic E-state index is -0.196. The lowest BCUT2D eigenvalue weighted by atomic mass is 10.3. The van der Waals surface area contributed by atoms with E-state index in [9.17, 15) is 4.79 Å². The number of pyridine rings is 1. The van der Waals surface area contributed by atoms with Gasteiger partial charge in [0.05, 0.1) is 0 Å². The molecule has 0 saturated carbocycles. The fourth-order valence-corrected chi connectivity index (χ4v) is 2.31. The van der Waals surface area contributed by atoms with Gasteiger partial charge >= 0.3 is 0 Å². The van der Waals surface area contributed by atoms with E-state index >= 15 is 0 Å². The second-order valence-electron chi connectivity index (χ2n) is 3.60. The third-order valence-corrected chi connectivity index (χ3v) is 3.42. The summed E-state index contributed by atoms with van der Waals surface area (Å²) in [6, 6.07) is 11.2. The zero-order valence-corrected chi connectivity index (χ0v) is 10.7. The summed E-state index contributed by atoms with van der Waals surface area (Å²) >= 11 is 1.51. The van der Waals surface area contributed by atoms with Crippen molar-refractivity contribution in [3.05, 3.63) is 48.3 Å². The van der Waals surface area contributed by atoms with Crippen LogP contribution < -0.4 is 11.1 Å². The Hall–Kier alpha value is -2.01. The summed E-state index contributed by atoms with van der Waals surface area (Å²) in [6.07, 6.45) is 1.62. The monoisotopic (exact) mass is 259 g/mol. The predicted molar refractivity (Wildman–Crippen MR) is 72.6 cm³/mol. The molecule has 2 aromatic rings. The van der Waals surface area contributed by atoms with Gasteiger partial charge < -0.3 is 11.1 Å². The molecule has 0 bridgehead atoms. The summed E-state index contributed by atoms with van der Waals surface area (Å²) in [5, 5.41) is 2.55. The Labute approximate surface area is 110 Å². The first-order valence-corrected chi connectivity index (χ1v) is 6.23. The molecule has 0 radical (unpaired) electrons. The van der Waals surface area contributed by atoms with Gasteiger partial charge in [0.15, 0.2) is 0 Å². The molecule has 0 aliphatic carbocycles. The number of nitrogen functional groups attached to an aromatic ring is 1. The highest BCUT2D eigenvalue weighted by molar-refractivity contribution is 7.99. The topological polar surface area (TPSA) is 68.0 Å². The fourth-order valence-electron chi connectivity index (χ4n) is 1.43. The zero-order valence-electron chi connectivity index (χ0n) is 9.88. The normalized spacial score (nSPS) is 10.1. The lowest BCUT2D eigenvalue weighted by molar-refractivity contribution is 0.0958. The number of rotatable bonds is 3. The average molecular weight is 259 g/mol. The Kier molecular flexibility index (Phi) is 3.84. The Bertz CT molecular complexity index is 572. The average Bonchev–Trinajstić information content (AvgIpc) is 2.41. The van der Waals surface area contributed by atoms with Crippen LogP contribution in [0.3, 0.4) is 0 Å². The van der Waals surface area contributed by atoms with E-state index in [2.05, 4.69) is 10.3 Å². The first kappa shape index (κ1) is 12.4. The molecule has 2 rings (SSSR count). The quantitative estimate of drug-likeness (QED) is 0.829. The van der Waals surface area contributed by atoms with E-state index < -0.39 is 0 Å². The number of nitrogens with two attached hydrogens (primary N) is 1. The number of carbonyl (C=O) groups is 1. The van der Waals surface area contributed by atoms with Gasteiger partial charge in [0.2, 0.25) is 0 Å². The number of carbonyl (C=O) groups excluding carboxylic acids is 1. The van der Waals surface area contributed by atoms with E-state index in [0.29, 0.717) is 5.69 Å². The van der Waals surface area contributed by atoms with Crippen molar-refractivity contribution in [2.45, 2.75) is 9.79 Å². The highest BCUT2D eigenvalue weighted by atomic mass is 32.2. The minimum absolute atomic E-state index is 0.196. The van der Waals surface area contributed by atoms with Crippen LogP contribution in [0.25, 0.3) is 0 Å². The highest BCUT2D eigenvalue weighted by Gasteiger charge is 2.07. The summed E-state index contributed by atoms with van der Waals surface area (Å²) in [6.45, 7) is 0. The molecule has 1 aromatic heterocycles. The molecule has 1 amide bonds. The number of nitrogens with zero attached hydrogens (tertiary/aromatic N) is 1. The zero-order chi connectivity index (χ0) is 13.0. The van der Waals surface area contributed by atoms with Crippen molar-refractivity contribution in [1.29, 1.82) is 0 Å². The van der Waals surface area contributed by atoms with Crippen molar-refractivity contribution in [1.82, 2.24) is 10.3 Å². The van der Waals surface area contributed by atoms with Crippen molar-refractivity contribution in [3.63, 3.8) is 0 Å². The number of amides is 1. The van der Waals surface area contributed by atoms with Crippen LogP contribution in [0, 0.1) is 0 Å². The van der Waals surface area contributed by atoms with Gasteiger partial charge in [-0.25, -0.2) is 0 Å². The molecule has 0 atom stereocenters. The molecular weight excluding hydrogens is 246 g/mol. The van der Waals surface area contributed by atoms with E-state index in [1.807, 2.05) is 30.3 Å². The van der Waals surface area contributed by atoms with Gasteiger partial charge in [-0.2, -0.15) is 0 Å². The summed E-state index contributed by atoms with van der Waals surface area (Å²) < 4.78 is 0. The number of benzene rings is 1. The van der Waals surface area contributed by atoms with Gasteiger partial charge in [-0.1, -0.05) is 23.9 Å². The summed E-state index contributed by atoms with van der Waals surface area (Å²) in [5.41, 5.74) is 7.00. The highest BCUT2D eigenvalue weighted by Crippen LogP contribution is 2.31. The fraction of sp³-hybridized carbons (Fsp3) is 0.0769. The molecule has 0 spiro atoms. The molecule has 18 heavy (non-hydrogen) atoms. The van der Waals surface area contributed by atoms with Crippen molar-refractivity contribution in [2.24, 2.45) is 0 Å². The Morgan fingerprint density at radius 1 is 1.33 bits per heavy atom. The predicted octanol–water partition coefficient (Wildman–Crippen LogP) is 2.17. The third-order valence-electron chi connectivity index (χ3n) is 2.34. The smallest absolute Gasteiger partial charge is 0.269 e. The number of nitrogens with one attached hydrogen (secondary N) is 1. The number of aromatic nitrogens is 1. The third kappa shape index (κ3) is 2.81. The van der Waals surface area contributed by atoms with Crippen LogP contribution >= 0.6 is 11.8 Å². The number of hydrogen-bond acceptors (Lipinski definition) is 4. The Balaban J connectivity index is 2.25. The molecule has 0 aliphatic rings. The SMILES string of the molecule is CNC(=O)c1cc(Sc2ccccc2N)ccn1. The van der Waals surface area contributed by atoms with Gasteiger partial charge in [-0.3, -0.25) is 9.78 Å². The van der Waals surface area contributed by atoms with E-state index in [1.54, 1.807) is 19.3 Å². The maximum atomic E-state index is 11.5. The lowest BCUT2D eigenvalue weighted by Crippen LogP contribution is -2.18. The maximum absolute atomic E-state index is 11.5.